The molecule has 0 aliphatic carbocycles. The molecular weight excluding hydrogens is 430 g/mol. The number of hydrogen-bond acceptors (Lipinski definition) is 5. The number of unbranched alkanes of at least 4 members (excludes halogenated alkanes) is 1. The Bertz CT molecular complexity index is 987. The van der Waals surface area contributed by atoms with Gasteiger partial charge in [-0.15, -0.1) is 11.3 Å². The molecule has 0 amide bonds. The van der Waals surface area contributed by atoms with Crippen LogP contribution in [0.25, 0.3) is 0 Å². The highest BCUT2D eigenvalue weighted by Crippen LogP contribution is 2.22. The van der Waals surface area contributed by atoms with E-state index >= 15 is 0 Å². The summed E-state index contributed by atoms with van der Waals surface area (Å²) >= 11 is 8.07. The molecule has 7 heteroatoms. The number of thiophene rings is 1. The normalized spacial score (nSPS) is 13.2. The molecule has 31 heavy (non-hydrogen) atoms. The van der Waals surface area contributed by atoms with Gasteiger partial charge in [0.25, 0.3) is 0 Å². The number of ether oxygens (including phenoxy) is 1. The molecule has 0 saturated heterocycles. The Hall–Kier alpha value is -2.15. The quantitative estimate of drug-likeness (QED) is 0.398. The highest BCUT2D eigenvalue weighted by atomic mass is 35.5. The summed E-state index contributed by atoms with van der Waals surface area (Å²) in [5, 5.41) is 6.21. The second kappa shape index (κ2) is 10.9. The third-order valence-electron chi connectivity index (χ3n) is 5.46. The third-order valence-corrected chi connectivity index (χ3v) is 6.71. The van der Waals surface area contributed by atoms with E-state index in [4.69, 9.17) is 16.3 Å². The number of benzene rings is 1. The van der Waals surface area contributed by atoms with Crippen LogP contribution in [0.15, 0.2) is 48.0 Å². The van der Waals surface area contributed by atoms with Gasteiger partial charge >= 0.3 is 5.97 Å². The van der Waals surface area contributed by atoms with Crippen LogP contribution in [0.5, 0.6) is 0 Å². The van der Waals surface area contributed by atoms with Crippen LogP contribution in [0.2, 0.25) is 5.02 Å². The van der Waals surface area contributed by atoms with Gasteiger partial charge in [-0.25, -0.2) is 4.98 Å². The van der Waals surface area contributed by atoms with Gasteiger partial charge in [-0.05, 0) is 36.4 Å². The van der Waals surface area contributed by atoms with Gasteiger partial charge in [0, 0.05) is 35.5 Å². The van der Waals surface area contributed by atoms with Crippen molar-refractivity contribution in [1.29, 1.82) is 0 Å². The number of nitrogens with zero attached hydrogens (tertiary/aromatic N) is 2. The molecule has 0 fully saturated rings. The van der Waals surface area contributed by atoms with Gasteiger partial charge in [0.05, 0.1) is 19.3 Å². The Morgan fingerprint density at radius 2 is 2.10 bits per heavy atom. The Morgan fingerprint density at radius 3 is 2.77 bits per heavy atom. The van der Waals surface area contributed by atoms with Crippen LogP contribution in [0.1, 0.15) is 48.6 Å². The van der Waals surface area contributed by atoms with Gasteiger partial charge in [-0.1, -0.05) is 49.2 Å². The SMILES string of the molecule is CCCCc1ncc(CN[C@@](C)(Cc2cccs2)C(=O)OC)n1Cc1ccccc1Cl. The van der Waals surface area contributed by atoms with Crippen LogP contribution >= 0.6 is 22.9 Å². The summed E-state index contributed by atoms with van der Waals surface area (Å²) in [7, 11) is 1.43. The van der Waals surface area contributed by atoms with E-state index in [0.29, 0.717) is 19.5 Å². The molecule has 0 spiro atoms. The molecule has 3 rings (SSSR count). The summed E-state index contributed by atoms with van der Waals surface area (Å²) in [6, 6.07) is 11.9. The number of halogens is 1. The Labute approximate surface area is 193 Å². The van der Waals surface area contributed by atoms with Gasteiger partial charge in [0.15, 0.2) is 0 Å². The van der Waals surface area contributed by atoms with E-state index in [9.17, 15) is 4.79 Å². The lowest BCUT2D eigenvalue weighted by Gasteiger charge is -2.28. The number of imidazole rings is 1. The molecule has 0 saturated carbocycles. The molecule has 1 aromatic carbocycles. The summed E-state index contributed by atoms with van der Waals surface area (Å²) in [5.41, 5.74) is 1.24. The van der Waals surface area contributed by atoms with E-state index in [0.717, 1.165) is 46.2 Å². The number of rotatable bonds is 11. The van der Waals surface area contributed by atoms with Gasteiger partial charge in [-0.3, -0.25) is 10.1 Å². The molecule has 166 valence electrons. The first-order valence-electron chi connectivity index (χ1n) is 10.6. The summed E-state index contributed by atoms with van der Waals surface area (Å²) in [6.45, 7) is 5.22. The van der Waals surface area contributed by atoms with Gasteiger partial charge in [-0.2, -0.15) is 0 Å². The zero-order valence-corrected chi connectivity index (χ0v) is 19.9. The molecule has 1 N–H and O–H groups in total. The number of aryl methyl sites for hydroxylation is 1. The summed E-state index contributed by atoms with van der Waals surface area (Å²) in [5.74, 6) is 0.765. The van der Waals surface area contributed by atoms with Crippen molar-refractivity contribution in [3.8, 4) is 0 Å². The number of esters is 1. The number of carbonyl (C=O) groups excluding carboxylic acids is 1. The lowest BCUT2D eigenvalue weighted by molar-refractivity contribution is -0.148. The average molecular weight is 460 g/mol. The summed E-state index contributed by atoms with van der Waals surface area (Å²) in [4.78, 5) is 18.4. The highest BCUT2D eigenvalue weighted by Gasteiger charge is 2.35. The number of hydrogen-bond donors (Lipinski definition) is 1. The van der Waals surface area contributed by atoms with Crippen molar-refractivity contribution in [1.82, 2.24) is 14.9 Å². The molecule has 5 nitrogen and oxygen atoms in total. The van der Waals surface area contributed by atoms with Crippen molar-refractivity contribution < 1.29 is 9.53 Å². The first-order chi connectivity index (χ1) is 15.0. The lowest BCUT2D eigenvalue weighted by Crippen LogP contribution is -2.51. The zero-order chi connectivity index (χ0) is 22.3. The van der Waals surface area contributed by atoms with E-state index in [2.05, 4.69) is 21.8 Å². The number of nitrogens with one attached hydrogen (secondary N) is 1. The first-order valence-corrected chi connectivity index (χ1v) is 11.8. The van der Waals surface area contributed by atoms with Crippen molar-refractivity contribution in [2.75, 3.05) is 7.11 Å². The molecular formula is C24H30ClN3O2S. The van der Waals surface area contributed by atoms with E-state index in [1.54, 1.807) is 11.3 Å². The van der Waals surface area contributed by atoms with Crippen LogP contribution in [-0.2, 0) is 35.5 Å². The van der Waals surface area contributed by atoms with Gasteiger partial charge in [0.2, 0.25) is 0 Å². The first kappa shape index (κ1) is 23.5. The summed E-state index contributed by atoms with van der Waals surface area (Å²) in [6.07, 6.45) is 5.55. The van der Waals surface area contributed by atoms with Crippen molar-refractivity contribution in [2.45, 2.75) is 58.2 Å². The van der Waals surface area contributed by atoms with Crippen molar-refractivity contribution in [3.05, 3.63) is 75.0 Å². The van der Waals surface area contributed by atoms with Crippen molar-refractivity contribution in [3.63, 3.8) is 0 Å². The fraction of sp³-hybridized carbons (Fsp3) is 0.417. The minimum atomic E-state index is -0.831. The smallest absolute Gasteiger partial charge is 0.326 e. The molecule has 3 aromatic rings. The standard InChI is InChI=1S/C24H30ClN3O2S/c1-4-5-12-22-26-15-19(28(22)17-18-9-6-7-11-21(18)25)16-27-24(2,23(29)30-3)14-20-10-8-13-31-20/h6-11,13,15,27H,4-5,12,14,16-17H2,1-3H3/t24-/m0/s1. The lowest BCUT2D eigenvalue weighted by atomic mass is 9.96. The van der Waals surface area contributed by atoms with Crippen molar-refractivity contribution in [2.24, 2.45) is 0 Å². The fourth-order valence-corrected chi connectivity index (χ4v) is 4.66. The molecule has 0 radical (unpaired) electrons. The second-order valence-corrected chi connectivity index (χ2v) is 9.32. The average Bonchev–Trinajstić information content (AvgIpc) is 3.41. The van der Waals surface area contributed by atoms with Crippen LogP contribution < -0.4 is 5.32 Å². The largest absolute Gasteiger partial charge is 0.468 e. The summed E-state index contributed by atoms with van der Waals surface area (Å²) < 4.78 is 7.33. The zero-order valence-electron chi connectivity index (χ0n) is 18.4. The van der Waals surface area contributed by atoms with Crippen LogP contribution in [0.3, 0.4) is 0 Å². The molecule has 0 aliphatic heterocycles. The van der Waals surface area contributed by atoms with E-state index in [1.165, 1.54) is 7.11 Å². The topological polar surface area (TPSA) is 56.1 Å². The maximum atomic E-state index is 12.6. The van der Waals surface area contributed by atoms with E-state index in [1.807, 2.05) is 54.9 Å². The fourth-order valence-electron chi connectivity index (χ4n) is 3.60. The maximum absolute atomic E-state index is 12.6. The Balaban J connectivity index is 1.84. The van der Waals surface area contributed by atoms with Gasteiger partial charge < -0.3 is 9.30 Å². The third kappa shape index (κ3) is 5.97. The van der Waals surface area contributed by atoms with E-state index in [-0.39, 0.29) is 5.97 Å². The van der Waals surface area contributed by atoms with Crippen LogP contribution in [0, 0.1) is 0 Å². The predicted molar refractivity (Wildman–Crippen MR) is 127 cm³/mol. The van der Waals surface area contributed by atoms with Gasteiger partial charge in [0.1, 0.15) is 11.4 Å². The number of aromatic nitrogens is 2. The Kier molecular flexibility index (Phi) is 8.29. The second-order valence-electron chi connectivity index (χ2n) is 7.88. The molecule has 0 aliphatic rings. The molecule has 0 bridgehead atoms. The molecule has 0 unspecified atom stereocenters. The van der Waals surface area contributed by atoms with Crippen LogP contribution in [-0.4, -0.2) is 28.2 Å². The molecule has 2 aromatic heterocycles. The molecule has 1 atom stereocenters. The predicted octanol–water partition coefficient (Wildman–Crippen LogP) is 5.25. The number of carbonyl (C=O) groups is 1. The number of methoxy groups -OCH3 is 1. The monoisotopic (exact) mass is 459 g/mol. The maximum Gasteiger partial charge on any atom is 0.326 e. The highest BCUT2D eigenvalue weighted by molar-refractivity contribution is 7.09. The molecule has 2 heterocycles. The van der Waals surface area contributed by atoms with E-state index < -0.39 is 5.54 Å². The Morgan fingerprint density at radius 1 is 1.29 bits per heavy atom. The van der Waals surface area contributed by atoms with Crippen molar-refractivity contribution >= 4 is 28.9 Å². The minimum Gasteiger partial charge on any atom is -0.468 e. The minimum absolute atomic E-state index is 0.274. The van der Waals surface area contributed by atoms with Crippen LogP contribution in [0.4, 0.5) is 0 Å².